The molecule has 3 heterocycles. The van der Waals surface area contributed by atoms with Crippen molar-refractivity contribution in [2.24, 2.45) is 0 Å². The molecule has 1 amide bonds. The molecule has 1 fully saturated rings. The van der Waals surface area contributed by atoms with Crippen molar-refractivity contribution in [3.05, 3.63) is 35.9 Å². The maximum absolute atomic E-state index is 12.8. The van der Waals surface area contributed by atoms with Crippen molar-refractivity contribution >= 4 is 11.4 Å². The number of pyridine rings is 1. The van der Waals surface area contributed by atoms with Gasteiger partial charge in [0.1, 0.15) is 5.82 Å². The second kappa shape index (κ2) is 5.27. The number of aromatic nitrogens is 2. The zero-order valence-electron chi connectivity index (χ0n) is 12.2. The van der Waals surface area contributed by atoms with Gasteiger partial charge in [-0.3, -0.25) is 4.79 Å². The maximum Gasteiger partial charge on any atom is 0.274 e. The van der Waals surface area contributed by atoms with Crippen LogP contribution in [0.4, 0.5) is 0 Å². The maximum atomic E-state index is 12.8. The summed E-state index contributed by atoms with van der Waals surface area (Å²) in [5, 5.41) is 0. The predicted octanol–water partition coefficient (Wildman–Crippen LogP) is 3.05. The lowest BCUT2D eigenvalue weighted by molar-refractivity contribution is 0.0604. The Morgan fingerprint density at radius 2 is 2.25 bits per heavy atom. The van der Waals surface area contributed by atoms with E-state index in [9.17, 15) is 4.79 Å². The van der Waals surface area contributed by atoms with Crippen LogP contribution >= 0.6 is 0 Å². The largest absolute Gasteiger partial charge is 0.334 e. The second-order valence-corrected chi connectivity index (χ2v) is 5.52. The van der Waals surface area contributed by atoms with Gasteiger partial charge in [0.2, 0.25) is 0 Å². The van der Waals surface area contributed by atoms with Crippen molar-refractivity contribution in [2.45, 2.75) is 45.6 Å². The molecule has 1 unspecified atom stereocenters. The van der Waals surface area contributed by atoms with E-state index in [1.807, 2.05) is 40.6 Å². The number of imidazole rings is 1. The molecule has 1 aliphatic heterocycles. The third kappa shape index (κ3) is 2.09. The molecule has 1 atom stereocenters. The van der Waals surface area contributed by atoms with Crippen molar-refractivity contribution in [3.63, 3.8) is 0 Å². The molecule has 1 aliphatic rings. The van der Waals surface area contributed by atoms with Gasteiger partial charge in [-0.1, -0.05) is 13.0 Å². The van der Waals surface area contributed by atoms with Gasteiger partial charge in [0.05, 0.1) is 5.52 Å². The van der Waals surface area contributed by atoms with Gasteiger partial charge in [-0.05, 0) is 44.7 Å². The molecule has 20 heavy (non-hydrogen) atoms. The van der Waals surface area contributed by atoms with Crippen LogP contribution in [0, 0.1) is 6.92 Å². The molecule has 1 saturated heterocycles. The Morgan fingerprint density at radius 3 is 3.05 bits per heavy atom. The molecule has 2 aromatic heterocycles. The summed E-state index contributed by atoms with van der Waals surface area (Å²) in [6, 6.07) is 6.27. The summed E-state index contributed by atoms with van der Waals surface area (Å²) in [6.07, 6.45) is 6.43. The Hall–Kier alpha value is -1.84. The van der Waals surface area contributed by atoms with Crippen molar-refractivity contribution in [1.29, 1.82) is 0 Å². The van der Waals surface area contributed by atoms with Crippen LogP contribution in [0.25, 0.3) is 5.52 Å². The minimum Gasteiger partial charge on any atom is -0.334 e. The fraction of sp³-hybridized carbons (Fsp3) is 0.500. The van der Waals surface area contributed by atoms with Crippen molar-refractivity contribution in [1.82, 2.24) is 14.3 Å². The molecule has 0 aliphatic carbocycles. The van der Waals surface area contributed by atoms with Crippen LogP contribution in [0.15, 0.2) is 24.4 Å². The lowest BCUT2D eigenvalue weighted by Gasteiger charge is -2.34. The Kier molecular flexibility index (Phi) is 3.47. The fourth-order valence-corrected chi connectivity index (χ4v) is 3.18. The zero-order chi connectivity index (χ0) is 14.1. The lowest BCUT2D eigenvalue weighted by Crippen LogP contribution is -2.43. The summed E-state index contributed by atoms with van der Waals surface area (Å²) in [5.41, 5.74) is 1.51. The highest BCUT2D eigenvalue weighted by Gasteiger charge is 2.28. The van der Waals surface area contributed by atoms with E-state index in [0.717, 1.165) is 37.1 Å². The quantitative estimate of drug-likeness (QED) is 0.842. The highest BCUT2D eigenvalue weighted by Crippen LogP contribution is 2.23. The smallest absolute Gasteiger partial charge is 0.274 e. The standard InChI is InChI=1S/C16H21N3O/c1-3-13-8-4-6-11-19(13)16(20)15-14-9-5-7-10-18(14)12(2)17-15/h5,7,9-10,13H,3-4,6,8,11H2,1-2H3. The van der Waals surface area contributed by atoms with Gasteiger partial charge in [0, 0.05) is 18.8 Å². The van der Waals surface area contributed by atoms with Crippen molar-refractivity contribution < 1.29 is 4.79 Å². The van der Waals surface area contributed by atoms with Crippen molar-refractivity contribution in [3.8, 4) is 0 Å². The van der Waals surface area contributed by atoms with Gasteiger partial charge in [-0.15, -0.1) is 0 Å². The Morgan fingerprint density at radius 1 is 1.40 bits per heavy atom. The van der Waals surface area contributed by atoms with Crippen LogP contribution in [0.3, 0.4) is 0 Å². The summed E-state index contributed by atoms with van der Waals surface area (Å²) < 4.78 is 1.98. The molecule has 4 heteroatoms. The normalized spacial score (nSPS) is 19.5. The van der Waals surface area contributed by atoms with E-state index in [1.54, 1.807) is 0 Å². The Labute approximate surface area is 119 Å². The molecular formula is C16H21N3O. The molecule has 2 aromatic rings. The third-order valence-corrected chi connectivity index (χ3v) is 4.29. The fourth-order valence-electron chi connectivity index (χ4n) is 3.18. The summed E-state index contributed by atoms with van der Waals surface area (Å²) in [4.78, 5) is 19.4. The average Bonchev–Trinajstić information content (AvgIpc) is 2.84. The second-order valence-electron chi connectivity index (χ2n) is 5.52. The predicted molar refractivity (Wildman–Crippen MR) is 78.9 cm³/mol. The number of carbonyl (C=O) groups excluding carboxylic acids is 1. The van der Waals surface area contributed by atoms with Gasteiger partial charge in [-0.2, -0.15) is 0 Å². The van der Waals surface area contributed by atoms with Crippen LogP contribution in [-0.2, 0) is 0 Å². The molecule has 0 bridgehead atoms. The average molecular weight is 271 g/mol. The van der Waals surface area contributed by atoms with Crippen LogP contribution in [0.5, 0.6) is 0 Å². The van der Waals surface area contributed by atoms with E-state index >= 15 is 0 Å². The van der Waals surface area contributed by atoms with Crippen LogP contribution < -0.4 is 0 Å². The minimum absolute atomic E-state index is 0.0911. The number of hydrogen-bond acceptors (Lipinski definition) is 2. The number of rotatable bonds is 2. The number of nitrogens with zero attached hydrogens (tertiary/aromatic N) is 3. The van der Waals surface area contributed by atoms with E-state index in [2.05, 4.69) is 11.9 Å². The lowest BCUT2D eigenvalue weighted by atomic mass is 9.99. The molecule has 0 aromatic carbocycles. The van der Waals surface area contributed by atoms with E-state index in [-0.39, 0.29) is 5.91 Å². The monoisotopic (exact) mass is 271 g/mol. The number of fused-ring (bicyclic) bond motifs is 1. The SMILES string of the molecule is CCC1CCCCN1C(=O)c1nc(C)n2ccccc12. The number of piperidine rings is 1. The van der Waals surface area contributed by atoms with E-state index in [4.69, 9.17) is 0 Å². The van der Waals surface area contributed by atoms with Gasteiger partial charge < -0.3 is 9.30 Å². The van der Waals surface area contributed by atoms with E-state index in [1.165, 1.54) is 6.42 Å². The molecule has 0 saturated carbocycles. The van der Waals surface area contributed by atoms with Gasteiger partial charge in [-0.25, -0.2) is 4.98 Å². The van der Waals surface area contributed by atoms with Gasteiger partial charge >= 0.3 is 0 Å². The zero-order valence-corrected chi connectivity index (χ0v) is 12.2. The Balaban J connectivity index is 2.00. The number of aryl methyl sites for hydroxylation is 1. The van der Waals surface area contributed by atoms with Crippen LogP contribution in [0.2, 0.25) is 0 Å². The molecular weight excluding hydrogens is 250 g/mol. The van der Waals surface area contributed by atoms with E-state index in [0.29, 0.717) is 11.7 Å². The Bertz CT molecular complexity index is 632. The molecule has 0 N–H and O–H groups in total. The molecule has 0 radical (unpaired) electrons. The number of carbonyl (C=O) groups is 1. The third-order valence-electron chi connectivity index (χ3n) is 4.29. The summed E-state index contributed by atoms with van der Waals surface area (Å²) in [6.45, 7) is 4.96. The molecule has 3 rings (SSSR count). The first-order valence-corrected chi connectivity index (χ1v) is 7.47. The summed E-state index contributed by atoms with van der Waals surface area (Å²) in [5.74, 6) is 0.961. The first kappa shape index (κ1) is 13.2. The van der Waals surface area contributed by atoms with Crippen LogP contribution in [-0.4, -0.2) is 32.8 Å². The topological polar surface area (TPSA) is 37.6 Å². The summed E-state index contributed by atoms with van der Waals surface area (Å²) in [7, 11) is 0. The number of hydrogen-bond donors (Lipinski definition) is 0. The minimum atomic E-state index is 0.0911. The van der Waals surface area contributed by atoms with E-state index < -0.39 is 0 Å². The molecule has 0 spiro atoms. The molecule has 4 nitrogen and oxygen atoms in total. The first-order chi connectivity index (χ1) is 9.72. The highest BCUT2D eigenvalue weighted by atomic mass is 16.2. The van der Waals surface area contributed by atoms with Crippen molar-refractivity contribution in [2.75, 3.05) is 6.54 Å². The van der Waals surface area contributed by atoms with Gasteiger partial charge in [0.25, 0.3) is 5.91 Å². The molecule has 106 valence electrons. The number of likely N-dealkylation sites (tertiary alicyclic amines) is 1. The van der Waals surface area contributed by atoms with Gasteiger partial charge in [0.15, 0.2) is 5.69 Å². The highest BCUT2D eigenvalue weighted by molar-refractivity contribution is 5.99. The summed E-state index contributed by atoms with van der Waals surface area (Å²) >= 11 is 0. The first-order valence-electron chi connectivity index (χ1n) is 7.47. The van der Waals surface area contributed by atoms with Crippen LogP contribution in [0.1, 0.15) is 48.9 Å². The number of amides is 1.